The molecule has 2 fully saturated rings. The molecule has 1 unspecified atom stereocenters. The number of alkyl halides is 1. The van der Waals surface area contributed by atoms with Crippen LogP contribution in [0.2, 0.25) is 0 Å². The van der Waals surface area contributed by atoms with Crippen LogP contribution in [-0.4, -0.2) is 41.9 Å². The van der Waals surface area contributed by atoms with Crippen LogP contribution >= 0.6 is 22.6 Å². The molecule has 2 rings (SSSR count). The highest BCUT2D eigenvalue weighted by molar-refractivity contribution is 14.1. The van der Waals surface area contributed by atoms with Gasteiger partial charge in [0, 0.05) is 7.11 Å². The third kappa shape index (κ3) is 4.10. The van der Waals surface area contributed by atoms with E-state index in [1.54, 1.807) is 14.5 Å². The normalized spacial score (nSPS) is 26.7. The fourth-order valence-electron chi connectivity index (χ4n) is 2.76. The molecular weight excluding hydrogens is 405 g/mol. The van der Waals surface area contributed by atoms with E-state index in [-0.39, 0.29) is 11.2 Å². The summed E-state index contributed by atoms with van der Waals surface area (Å²) in [6, 6.07) is 0. The van der Waals surface area contributed by atoms with E-state index in [0.29, 0.717) is 5.92 Å². The van der Waals surface area contributed by atoms with Crippen LogP contribution in [0.5, 0.6) is 0 Å². The Morgan fingerprint density at radius 2 is 1.70 bits per heavy atom. The Morgan fingerprint density at radius 1 is 1.17 bits per heavy atom. The Hall–Kier alpha value is 0.700. The topological polar surface area (TPSA) is 36.9 Å². The Labute approximate surface area is 156 Å². The van der Waals surface area contributed by atoms with Gasteiger partial charge >= 0.3 is 14.4 Å². The van der Waals surface area contributed by atoms with Crippen molar-refractivity contribution in [3.8, 4) is 0 Å². The van der Waals surface area contributed by atoms with Gasteiger partial charge in [0.05, 0.1) is 16.8 Å². The Balaban J connectivity index is 2.01. The molecule has 1 heterocycles. The van der Waals surface area contributed by atoms with Crippen molar-refractivity contribution in [1.29, 1.82) is 0 Å². The number of ether oxygens (including phenoxy) is 1. The predicted octanol–water partition coefficient (Wildman–Crippen LogP) is 3.96. The number of halogens is 1. The standard InChI is InChI=1S/C16H30B2IO4/c1-13(2)14(3,4)23-18(22-13)17-21-16(19,15(5,6)20-7)11-12-9-8-10-12/h12H,8-11H2,1-7H3. The van der Waals surface area contributed by atoms with E-state index in [1.165, 1.54) is 19.3 Å². The molecule has 2 aliphatic rings. The first-order chi connectivity index (χ1) is 10.4. The van der Waals surface area contributed by atoms with E-state index in [0.717, 1.165) is 6.42 Å². The summed E-state index contributed by atoms with van der Waals surface area (Å²) in [5.74, 6) is 0.716. The maximum absolute atomic E-state index is 6.25. The monoisotopic (exact) mass is 435 g/mol. The molecule has 0 spiro atoms. The van der Waals surface area contributed by atoms with E-state index in [4.69, 9.17) is 18.7 Å². The highest BCUT2D eigenvalue weighted by Crippen LogP contribution is 2.46. The molecule has 0 bridgehead atoms. The highest BCUT2D eigenvalue weighted by Gasteiger charge is 2.53. The molecule has 0 aromatic heterocycles. The van der Waals surface area contributed by atoms with Gasteiger partial charge < -0.3 is 18.7 Å². The summed E-state index contributed by atoms with van der Waals surface area (Å²) in [6.45, 7) is 12.3. The minimum atomic E-state index is -0.455. The molecule has 131 valence electrons. The lowest BCUT2D eigenvalue weighted by atomic mass is 9.56. The molecule has 0 N–H and O–H groups in total. The Morgan fingerprint density at radius 3 is 2.09 bits per heavy atom. The van der Waals surface area contributed by atoms with Crippen LogP contribution in [0, 0.1) is 5.92 Å². The number of hydrogen-bond donors (Lipinski definition) is 0. The molecule has 7 heteroatoms. The van der Waals surface area contributed by atoms with Crippen molar-refractivity contribution in [3.05, 3.63) is 0 Å². The first-order valence-electron chi connectivity index (χ1n) is 8.53. The van der Waals surface area contributed by atoms with E-state index in [9.17, 15) is 0 Å². The van der Waals surface area contributed by atoms with Crippen molar-refractivity contribution in [1.82, 2.24) is 0 Å². The van der Waals surface area contributed by atoms with E-state index in [2.05, 4.69) is 36.4 Å². The van der Waals surface area contributed by atoms with Gasteiger partial charge in [-0.25, -0.2) is 0 Å². The third-order valence-electron chi connectivity index (χ3n) is 5.82. The van der Waals surface area contributed by atoms with Gasteiger partial charge in [0.25, 0.3) is 0 Å². The van der Waals surface area contributed by atoms with E-state index >= 15 is 0 Å². The number of methoxy groups -OCH3 is 1. The van der Waals surface area contributed by atoms with Crippen LogP contribution in [0.15, 0.2) is 0 Å². The molecule has 23 heavy (non-hydrogen) atoms. The first-order valence-corrected chi connectivity index (χ1v) is 9.61. The van der Waals surface area contributed by atoms with Crippen LogP contribution in [0.1, 0.15) is 67.2 Å². The van der Waals surface area contributed by atoms with Crippen molar-refractivity contribution < 1.29 is 18.7 Å². The molecule has 1 radical (unpaired) electrons. The summed E-state index contributed by atoms with van der Waals surface area (Å²) in [5, 5.41) is 0. The second kappa shape index (κ2) is 6.78. The van der Waals surface area contributed by atoms with Gasteiger partial charge in [-0.3, -0.25) is 0 Å². The number of hydrogen-bond acceptors (Lipinski definition) is 4. The van der Waals surface area contributed by atoms with Crippen LogP contribution in [0.3, 0.4) is 0 Å². The maximum atomic E-state index is 6.25. The zero-order valence-corrected chi connectivity index (χ0v) is 17.7. The lowest BCUT2D eigenvalue weighted by Crippen LogP contribution is -2.52. The van der Waals surface area contributed by atoms with Crippen LogP contribution in [0.4, 0.5) is 0 Å². The smallest absolute Gasteiger partial charge is 0.428 e. The molecule has 4 nitrogen and oxygen atoms in total. The van der Waals surface area contributed by atoms with E-state index in [1.807, 2.05) is 27.7 Å². The van der Waals surface area contributed by atoms with Gasteiger partial charge in [-0.2, -0.15) is 0 Å². The van der Waals surface area contributed by atoms with Gasteiger partial charge in [0.15, 0.2) is 0 Å². The lowest BCUT2D eigenvalue weighted by Gasteiger charge is -2.45. The summed E-state index contributed by atoms with van der Waals surface area (Å²) in [5.41, 5.74) is -1.10. The summed E-state index contributed by atoms with van der Waals surface area (Å²) >= 11 is 2.40. The molecule has 1 atom stereocenters. The van der Waals surface area contributed by atoms with Crippen LogP contribution in [0.25, 0.3) is 0 Å². The highest BCUT2D eigenvalue weighted by atomic mass is 127. The van der Waals surface area contributed by atoms with Gasteiger partial charge in [-0.05, 0) is 76.5 Å². The van der Waals surface area contributed by atoms with Crippen molar-refractivity contribution in [2.24, 2.45) is 5.92 Å². The largest absolute Gasteiger partial charge is 0.439 e. The Kier molecular flexibility index (Phi) is 5.90. The quantitative estimate of drug-likeness (QED) is 0.345. The third-order valence-corrected chi connectivity index (χ3v) is 7.82. The fourth-order valence-corrected chi connectivity index (χ4v) is 3.75. The maximum Gasteiger partial charge on any atom is 0.439 e. The predicted molar refractivity (Wildman–Crippen MR) is 103 cm³/mol. The summed E-state index contributed by atoms with van der Waals surface area (Å²) in [4.78, 5) is 0. The van der Waals surface area contributed by atoms with Crippen molar-refractivity contribution in [2.75, 3.05) is 7.11 Å². The SMILES string of the molecule is COC(C)(C)C(I)(CC1CCC1)O[B]B1OC(C)(C)C(C)(C)O1. The molecule has 0 amide bonds. The molecule has 1 aliphatic carbocycles. The van der Waals surface area contributed by atoms with Gasteiger partial charge in [-0.15, -0.1) is 0 Å². The molecule has 1 saturated heterocycles. The minimum absolute atomic E-state index is 0.351. The summed E-state index contributed by atoms with van der Waals surface area (Å²) in [6.07, 6.45) is 4.87. The summed E-state index contributed by atoms with van der Waals surface area (Å²) in [7, 11) is 3.00. The molecular formula is C16H30B2IO4. The van der Waals surface area contributed by atoms with Gasteiger partial charge in [0.1, 0.15) is 3.61 Å². The second-order valence-electron chi connectivity index (χ2n) is 8.32. The molecule has 0 aromatic carbocycles. The van der Waals surface area contributed by atoms with Crippen LogP contribution < -0.4 is 0 Å². The summed E-state index contributed by atoms with van der Waals surface area (Å²) < 4.78 is 23.6. The lowest BCUT2D eigenvalue weighted by molar-refractivity contribution is -0.0862. The Bertz CT molecular complexity index is 410. The van der Waals surface area contributed by atoms with Crippen molar-refractivity contribution in [3.63, 3.8) is 0 Å². The van der Waals surface area contributed by atoms with E-state index < -0.39 is 16.2 Å². The second-order valence-corrected chi connectivity index (χ2v) is 10.1. The van der Waals surface area contributed by atoms with Crippen molar-refractivity contribution in [2.45, 2.75) is 87.6 Å². The minimum Gasteiger partial charge on any atom is -0.428 e. The first kappa shape index (κ1) is 20.0. The van der Waals surface area contributed by atoms with Gasteiger partial charge in [-0.1, -0.05) is 19.3 Å². The average Bonchev–Trinajstić information content (AvgIpc) is 2.60. The molecule has 1 aliphatic heterocycles. The molecule has 0 aromatic rings. The average molecular weight is 435 g/mol. The molecule has 1 saturated carbocycles. The van der Waals surface area contributed by atoms with Gasteiger partial charge in [0.2, 0.25) is 0 Å². The van der Waals surface area contributed by atoms with Crippen LogP contribution in [-0.2, 0) is 18.7 Å². The van der Waals surface area contributed by atoms with Crippen molar-refractivity contribution >= 4 is 37.0 Å². The fraction of sp³-hybridized carbons (Fsp3) is 1.00. The zero-order chi connectivity index (χ0) is 17.5. The number of rotatable bonds is 7. The zero-order valence-electron chi connectivity index (χ0n) is 15.6.